The third-order valence-electron chi connectivity index (χ3n) is 5.45. The number of nitrogens with zero attached hydrogens (tertiary/aromatic N) is 5. The number of carbonyl (C=O) groups is 1. The molecule has 0 spiro atoms. The molecule has 0 atom stereocenters. The van der Waals surface area contributed by atoms with Crippen molar-refractivity contribution in [2.24, 2.45) is 0 Å². The molecule has 1 aliphatic rings. The summed E-state index contributed by atoms with van der Waals surface area (Å²) in [6, 6.07) is 6.66. The van der Waals surface area contributed by atoms with Crippen LogP contribution >= 0.6 is 0 Å². The van der Waals surface area contributed by atoms with Crippen molar-refractivity contribution in [3.63, 3.8) is 0 Å². The molecule has 32 heavy (non-hydrogen) atoms. The maximum Gasteiger partial charge on any atom is 0.416 e. The van der Waals surface area contributed by atoms with Crippen LogP contribution in [0.1, 0.15) is 34.5 Å². The van der Waals surface area contributed by atoms with E-state index in [0.717, 1.165) is 18.3 Å². The van der Waals surface area contributed by atoms with Crippen LogP contribution in [0.15, 0.2) is 55.2 Å². The van der Waals surface area contributed by atoms with E-state index < -0.39 is 17.4 Å². The smallest absolute Gasteiger partial charge is 0.338 e. The second-order valence-corrected chi connectivity index (χ2v) is 7.65. The Kier molecular flexibility index (Phi) is 5.86. The summed E-state index contributed by atoms with van der Waals surface area (Å²) in [5.41, 5.74) is -1.30. The van der Waals surface area contributed by atoms with Crippen molar-refractivity contribution < 1.29 is 22.4 Å². The van der Waals surface area contributed by atoms with E-state index in [1.54, 1.807) is 30.6 Å². The number of hydrogen-bond donors (Lipinski definition) is 0. The summed E-state index contributed by atoms with van der Waals surface area (Å²) in [7, 11) is 0. The number of halogens is 4. The molecule has 6 nitrogen and oxygen atoms in total. The number of piperidine rings is 1. The van der Waals surface area contributed by atoms with E-state index in [-0.39, 0.29) is 44.0 Å². The third kappa shape index (κ3) is 4.74. The van der Waals surface area contributed by atoms with Gasteiger partial charge >= 0.3 is 6.18 Å². The molecule has 0 unspecified atom stereocenters. The minimum absolute atomic E-state index is 0.000230. The molecule has 166 valence electrons. The van der Waals surface area contributed by atoms with Crippen molar-refractivity contribution >= 4 is 5.91 Å². The molecule has 1 fully saturated rings. The topological polar surface area (TPSA) is 71.9 Å². The number of pyridine rings is 2. The third-order valence-corrected chi connectivity index (χ3v) is 5.45. The molecule has 0 radical (unpaired) electrons. The van der Waals surface area contributed by atoms with E-state index in [0.29, 0.717) is 17.0 Å². The van der Waals surface area contributed by atoms with Crippen LogP contribution in [0, 0.1) is 0 Å². The minimum Gasteiger partial charge on any atom is -0.338 e. The van der Waals surface area contributed by atoms with Crippen LogP contribution in [-0.2, 0) is 12.6 Å². The number of aromatic nitrogens is 4. The first-order valence-corrected chi connectivity index (χ1v) is 9.97. The van der Waals surface area contributed by atoms with Crippen molar-refractivity contribution in [3.8, 4) is 11.4 Å². The fourth-order valence-electron chi connectivity index (χ4n) is 3.75. The Labute approximate surface area is 181 Å². The Morgan fingerprint density at radius 2 is 1.81 bits per heavy atom. The van der Waals surface area contributed by atoms with Crippen molar-refractivity contribution in [2.45, 2.75) is 31.1 Å². The molecule has 3 aromatic heterocycles. The van der Waals surface area contributed by atoms with E-state index in [1.165, 1.54) is 11.2 Å². The fraction of sp³-hybridized carbons (Fsp3) is 0.318. The molecule has 0 N–H and O–H groups in total. The Balaban J connectivity index is 1.46. The molecule has 4 rings (SSSR count). The molecule has 1 aliphatic heterocycles. The van der Waals surface area contributed by atoms with Gasteiger partial charge in [-0.25, -0.2) is 14.4 Å². The van der Waals surface area contributed by atoms with Gasteiger partial charge < -0.3 is 4.90 Å². The van der Waals surface area contributed by atoms with Gasteiger partial charge in [0.25, 0.3) is 5.91 Å². The Bertz CT molecular complexity index is 1100. The van der Waals surface area contributed by atoms with E-state index in [2.05, 4.69) is 19.9 Å². The van der Waals surface area contributed by atoms with Crippen molar-refractivity contribution in [1.82, 2.24) is 24.8 Å². The minimum atomic E-state index is -4.51. The maximum absolute atomic E-state index is 15.4. The van der Waals surface area contributed by atoms with Crippen LogP contribution in [0.2, 0.25) is 0 Å². The normalized spacial score (nSPS) is 16.1. The molecule has 0 saturated carbocycles. The Hall–Kier alpha value is -3.43. The second-order valence-electron chi connectivity index (χ2n) is 7.65. The highest BCUT2D eigenvalue weighted by Crippen LogP contribution is 2.33. The molecule has 3 aromatic rings. The summed E-state index contributed by atoms with van der Waals surface area (Å²) in [6.45, 7) is 0.263. The molecule has 0 aliphatic carbocycles. The largest absolute Gasteiger partial charge is 0.416 e. The van der Waals surface area contributed by atoms with Crippen molar-refractivity contribution in [2.75, 3.05) is 13.1 Å². The van der Waals surface area contributed by atoms with Crippen LogP contribution in [0.25, 0.3) is 11.4 Å². The molecule has 1 amide bonds. The lowest BCUT2D eigenvalue weighted by atomic mass is 9.88. The second kappa shape index (κ2) is 8.60. The molecular weight excluding hydrogens is 426 g/mol. The Morgan fingerprint density at radius 1 is 1.03 bits per heavy atom. The number of carbonyl (C=O) groups excluding carboxylic acids is 1. The first-order chi connectivity index (χ1) is 15.3. The summed E-state index contributed by atoms with van der Waals surface area (Å²) < 4.78 is 54.1. The zero-order valence-corrected chi connectivity index (χ0v) is 16.9. The highest BCUT2D eigenvalue weighted by Gasteiger charge is 2.38. The van der Waals surface area contributed by atoms with E-state index in [4.69, 9.17) is 0 Å². The van der Waals surface area contributed by atoms with E-state index in [9.17, 15) is 18.0 Å². The molecule has 4 heterocycles. The van der Waals surface area contributed by atoms with Gasteiger partial charge in [-0.15, -0.1) is 0 Å². The van der Waals surface area contributed by atoms with Crippen LogP contribution in [0.4, 0.5) is 17.6 Å². The zero-order valence-electron chi connectivity index (χ0n) is 16.9. The van der Waals surface area contributed by atoms with Gasteiger partial charge in [-0.3, -0.25) is 14.8 Å². The van der Waals surface area contributed by atoms with Crippen molar-refractivity contribution in [1.29, 1.82) is 0 Å². The van der Waals surface area contributed by atoms with Gasteiger partial charge in [0.2, 0.25) is 0 Å². The number of alkyl halides is 4. The lowest BCUT2D eigenvalue weighted by Crippen LogP contribution is -2.45. The average molecular weight is 445 g/mol. The number of hydrogen-bond acceptors (Lipinski definition) is 5. The molecule has 0 bridgehead atoms. The SMILES string of the molecule is O=C(c1cccnc1-c1ccncn1)N1CCC(F)(Cc2cc(C(F)(F)F)ccn2)CC1. The number of amides is 1. The van der Waals surface area contributed by atoms with E-state index >= 15 is 4.39 Å². The summed E-state index contributed by atoms with van der Waals surface area (Å²) in [6.07, 6.45) is 0.750. The van der Waals surface area contributed by atoms with Gasteiger partial charge in [0.15, 0.2) is 0 Å². The fourth-order valence-corrected chi connectivity index (χ4v) is 3.75. The maximum atomic E-state index is 15.4. The first-order valence-electron chi connectivity index (χ1n) is 9.97. The molecule has 0 aromatic carbocycles. The first kappa shape index (κ1) is 21.8. The van der Waals surface area contributed by atoms with Crippen LogP contribution in [0.5, 0.6) is 0 Å². The lowest BCUT2D eigenvalue weighted by molar-refractivity contribution is -0.137. The number of likely N-dealkylation sites (tertiary alicyclic amines) is 1. The summed E-state index contributed by atoms with van der Waals surface area (Å²) in [4.78, 5) is 30.8. The zero-order chi connectivity index (χ0) is 22.8. The van der Waals surface area contributed by atoms with E-state index in [1.807, 2.05) is 0 Å². The quantitative estimate of drug-likeness (QED) is 0.565. The predicted molar refractivity (Wildman–Crippen MR) is 107 cm³/mol. The van der Waals surface area contributed by atoms with Gasteiger partial charge in [0.1, 0.15) is 17.7 Å². The molecular formula is C22H19F4N5O. The standard InChI is InChI=1S/C22H19F4N5O/c23-21(13-16-12-15(3-9-28-16)22(24,25)26)5-10-31(11-6-21)20(32)17-2-1-7-29-19(17)18-4-8-27-14-30-18/h1-4,7-9,12,14H,5-6,10-11,13H2. The molecule has 1 saturated heterocycles. The lowest BCUT2D eigenvalue weighted by Gasteiger charge is -2.36. The van der Waals surface area contributed by atoms with Gasteiger partial charge in [-0.05, 0) is 43.2 Å². The monoisotopic (exact) mass is 445 g/mol. The average Bonchev–Trinajstić information content (AvgIpc) is 2.79. The van der Waals surface area contributed by atoms with Crippen LogP contribution in [0.3, 0.4) is 0 Å². The van der Waals surface area contributed by atoms with Gasteiger partial charge in [0.05, 0.1) is 16.8 Å². The summed E-state index contributed by atoms with van der Waals surface area (Å²) >= 11 is 0. The Morgan fingerprint density at radius 3 is 2.50 bits per heavy atom. The predicted octanol–water partition coefficient (Wildman–Crippen LogP) is 4.14. The van der Waals surface area contributed by atoms with Crippen molar-refractivity contribution in [3.05, 3.63) is 72.1 Å². The van der Waals surface area contributed by atoms with Gasteiger partial charge in [-0.2, -0.15) is 13.2 Å². The summed E-state index contributed by atoms with van der Waals surface area (Å²) in [5.74, 6) is -0.300. The molecule has 10 heteroatoms. The summed E-state index contributed by atoms with van der Waals surface area (Å²) in [5, 5.41) is 0. The van der Waals surface area contributed by atoms with Crippen LogP contribution < -0.4 is 0 Å². The highest BCUT2D eigenvalue weighted by atomic mass is 19.4. The van der Waals surface area contributed by atoms with Crippen LogP contribution in [-0.4, -0.2) is 49.5 Å². The van der Waals surface area contributed by atoms with Gasteiger partial charge in [0, 0.05) is 43.8 Å². The number of rotatable bonds is 4. The van der Waals surface area contributed by atoms with Gasteiger partial charge in [-0.1, -0.05) is 0 Å². The highest BCUT2D eigenvalue weighted by molar-refractivity contribution is 5.99.